The first-order chi connectivity index (χ1) is 8.65. The fourth-order valence-electron chi connectivity index (χ4n) is 1.64. The molecule has 1 aromatic carbocycles. The van der Waals surface area contributed by atoms with Crippen LogP contribution in [0.3, 0.4) is 0 Å². The fraction of sp³-hybridized carbons (Fsp3) is 0.312. The number of carbonyl (C=O) groups excluding carboxylic acids is 1. The number of benzene rings is 1. The largest absolute Gasteiger partial charge is 0.377 e. The maximum Gasteiger partial charge on any atom is 0.159 e. The molecule has 0 atom stereocenters. The summed E-state index contributed by atoms with van der Waals surface area (Å²) in [7, 11) is 0. The van der Waals surface area contributed by atoms with E-state index < -0.39 is 0 Å². The molecule has 0 fully saturated rings. The number of carbonyl (C=O) groups is 1. The maximum atomic E-state index is 11.2. The lowest BCUT2D eigenvalue weighted by molar-refractivity contribution is 0.101. The van der Waals surface area contributed by atoms with Gasteiger partial charge < -0.3 is 4.74 Å². The third kappa shape index (κ3) is 4.68. The molecule has 0 aliphatic rings. The Morgan fingerprint density at radius 2 is 1.89 bits per heavy atom. The average molecular weight is 244 g/mol. The summed E-state index contributed by atoms with van der Waals surface area (Å²) >= 11 is 0. The van der Waals surface area contributed by atoms with Gasteiger partial charge in [-0.2, -0.15) is 0 Å². The first-order valence-electron chi connectivity index (χ1n) is 6.13. The van der Waals surface area contributed by atoms with Gasteiger partial charge in [-0.15, -0.1) is 6.58 Å². The summed E-state index contributed by atoms with van der Waals surface area (Å²) in [6, 6.07) is 7.58. The zero-order chi connectivity index (χ0) is 13.4. The van der Waals surface area contributed by atoms with E-state index in [1.54, 1.807) is 13.0 Å². The van der Waals surface area contributed by atoms with Crippen molar-refractivity contribution in [2.45, 2.75) is 19.8 Å². The highest BCUT2D eigenvalue weighted by atomic mass is 16.5. The zero-order valence-corrected chi connectivity index (χ0v) is 10.9. The number of hydrogen-bond acceptors (Lipinski definition) is 2. The smallest absolute Gasteiger partial charge is 0.159 e. The van der Waals surface area contributed by atoms with Crippen LogP contribution in [0.1, 0.15) is 35.7 Å². The second-order valence-corrected chi connectivity index (χ2v) is 4.20. The molecule has 0 unspecified atom stereocenters. The molecule has 0 N–H and O–H groups in total. The van der Waals surface area contributed by atoms with E-state index in [0.29, 0.717) is 6.61 Å². The Balaban J connectivity index is 2.41. The Labute approximate surface area is 109 Å². The van der Waals surface area contributed by atoms with Crippen molar-refractivity contribution < 1.29 is 9.53 Å². The standard InChI is InChI=1S/C16H20O2/c1-4-11-18-12-5-6-13(2)15-7-9-16(10-8-15)14(3)17/h4,7-10H,1-2,5-6,11-12H2,3H3. The van der Waals surface area contributed by atoms with Crippen molar-refractivity contribution in [3.63, 3.8) is 0 Å². The first-order valence-corrected chi connectivity index (χ1v) is 6.13. The lowest BCUT2D eigenvalue weighted by Gasteiger charge is -2.07. The second kappa shape index (κ2) is 7.62. The molecule has 1 aromatic rings. The molecular formula is C16H20O2. The summed E-state index contributed by atoms with van der Waals surface area (Å²) in [5.74, 6) is 0.0880. The summed E-state index contributed by atoms with van der Waals surface area (Å²) < 4.78 is 5.32. The minimum atomic E-state index is 0.0880. The van der Waals surface area contributed by atoms with Gasteiger partial charge in [0.2, 0.25) is 0 Å². The van der Waals surface area contributed by atoms with Crippen LogP contribution in [0.5, 0.6) is 0 Å². The molecular weight excluding hydrogens is 224 g/mol. The van der Waals surface area contributed by atoms with E-state index >= 15 is 0 Å². The molecule has 0 aromatic heterocycles. The Hall–Kier alpha value is -1.67. The van der Waals surface area contributed by atoms with Crippen LogP contribution in [0.2, 0.25) is 0 Å². The van der Waals surface area contributed by atoms with Crippen molar-refractivity contribution in [2.75, 3.05) is 13.2 Å². The summed E-state index contributed by atoms with van der Waals surface area (Å²) in [4.78, 5) is 11.2. The lowest BCUT2D eigenvalue weighted by Crippen LogP contribution is -1.95. The van der Waals surface area contributed by atoms with E-state index in [9.17, 15) is 4.79 Å². The van der Waals surface area contributed by atoms with Crippen LogP contribution in [0.25, 0.3) is 5.57 Å². The summed E-state index contributed by atoms with van der Waals surface area (Å²) in [5, 5.41) is 0. The minimum Gasteiger partial charge on any atom is -0.377 e. The Morgan fingerprint density at radius 1 is 1.28 bits per heavy atom. The van der Waals surface area contributed by atoms with Crippen LogP contribution in [0, 0.1) is 0 Å². The van der Waals surface area contributed by atoms with Crippen LogP contribution in [-0.2, 0) is 4.74 Å². The molecule has 0 aliphatic carbocycles. The molecule has 0 heterocycles. The van der Waals surface area contributed by atoms with Crippen LogP contribution in [0.4, 0.5) is 0 Å². The highest BCUT2D eigenvalue weighted by molar-refractivity contribution is 5.94. The Morgan fingerprint density at radius 3 is 2.44 bits per heavy atom. The molecule has 0 amide bonds. The third-order valence-corrected chi connectivity index (χ3v) is 2.70. The van der Waals surface area contributed by atoms with E-state index in [1.165, 1.54) is 0 Å². The van der Waals surface area contributed by atoms with Crippen LogP contribution < -0.4 is 0 Å². The van der Waals surface area contributed by atoms with Gasteiger partial charge in [0.25, 0.3) is 0 Å². The van der Waals surface area contributed by atoms with Gasteiger partial charge in [-0.25, -0.2) is 0 Å². The average Bonchev–Trinajstić information content (AvgIpc) is 2.38. The summed E-state index contributed by atoms with van der Waals surface area (Å²) in [6.45, 7) is 10.5. The fourth-order valence-corrected chi connectivity index (χ4v) is 1.64. The van der Waals surface area contributed by atoms with Crippen LogP contribution in [-0.4, -0.2) is 19.0 Å². The van der Waals surface area contributed by atoms with Crippen molar-refractivity contribution in [2.24, 2.45) is 0 Å². The molecule has 0 radical (unpaired) electrons. The van der Waals surface area contributed by atoms with Crippen molar-refractivity contribution in [3.8, 4) is 0 Å². The molecule has 18 heavy (non-hydrogen) atoms. The van der Waals surface area contributed by atoms with Gasteiger partial charge in [-0.1, -0.05) is 36.9 Å². The number of rotatable bonds is 8. The molecule has 0 spiro atoms. The van der Waals surface area contributed by atoms with Gasteiger partial charge in [-0.05, 0) is 30.9 Å². The lowest BCUT2D eigenvalue weighted by atomic mass is 10.0. The second-order valence-electron chi connectivity index (χ2n) is 4.20. The minimum absolute atomic E-state index is 0.0880. The monoisotopic (exact) mass is 244 g/mol. The van der Waals surface area contributed by atoms with Crippen molar-refractivity contribution in [3.05, 3.63) is 54.6 Å². The van der Waals surface area contributed by atoms with E-state index in [-0.39, 0.29) is 5.78 Å². The number of ether oxygens (including phenoxy) is 1. The zero-order valence-electron chi connectivity index (χ0n) is 10.9. The molecule has 96 valence electrons. The van der Waals surface area contributed by atoms with Crippen LogP contribution in [0.15, 0.2) is 43.5 Å². The Kier molecular flexibility index (Phi) is 6.09. The van der Waals surface area contributed by atoms with E-state index in [0.717, 1.165) is 36.1 Å². The predicted molar refractivity (Wildman–Crippen MR) is 75.7 cm³/mol. The van der Waals surface area contributed by atoms with E-state index in [1.807, 2.05) is 24.3 Å². The molecule has 2 nitrogen and oxygen atoms in total. The van der Waals surface area contributed by atoms with Gasteiger partial charge in [-0.3, -0.25) is 4.79 Å². The van der Waals surface area contributed by atoms with E-state index in [2.05, 4.69) is 13.2 Å². The number of hydrogen-bond donors (Lipinski definition) is 0. The quantitative estimate of drug-likeness (QED) is 0.394. The van der Waals surface area contributed by atoms with Gasteiger partial charge in [0, 0.05) is 12.2 Å². The van der Waals surface area contributed by atoms with Gasteiger partial charge >= 0.3 is 0 Å². The SMILES string of the molecule is C=CCOCCCC(=C)c1ccc(C(C)=O)cc1. The first kappa shape index (κ1) is 14.4. The van der Waals surface area contributed by atoms with Crippen molar-refractivity contribution in [1.82, 2.24) is 0 Å². The highest BCUT2D eigenvalue weighted by Gasteiger charge is 2.02. The topological polar surface area (TPSA) is 26.3 Å². The molecule has 0 saturated heterocycles. The number of allylic oxidation sites excluding steroid dienone is 1. The Bertz CT molecular complexity index is 415. The molecule has 0 saturated carbocycles. The molecule has 2 heteroatoms. The number of Topliss-reactive ketones (excluding diaryl/α,β-unsaturated/α-hetero) is 1. The van der Waals surface area contributed by atoms with E-state index in [4.69, 9.17) is 4.74 Å². The van der Waals surface area contributed by atoms with Crippen molar-refractivity contribution >= 4 is 11.4 Å². The maximum absolute atomic E-state index is 11.2. The number of ketones is 1. The van der Waals surface area contributed by atoms with Gasteiger partial charge in [0.05, 0.1) is 6.61 Å². The van der Waals surface area contributed by atoms with Crippen LogP contribution >= 0.6 is 0 Å². The normalized spacial score (nSPS) is 10.1. The molecule has 0 aliphatic heterocycles. The summed E-state index contributed by atoms with van der Waals surface area (Å²) in [6.07, 6.45) is 3.59. The third-order valence-electron chi connectivity index (χ3n) is 2.70. The molecule has 0 bridgehead atoms. The molecule has 1 rings (SSSR count). The predicted octanol–water partition coefficient (Wildman–Crippen LogP) is 3.89. The van der Waals surface area contributed by atoms with Crippen molar-refractivity contribution in [1.29, 1.82) is 0 Å². The highest BCUT2D eigenvalue weighted by Crippen LogP contribution is 2.18. The van der Waals surface area contributed by atoms with Gasteiger partial charge in [0.15, 0.2) is 5.78 Å². The summed E-state index contributed by atoms with van der Waals surface area (Å²) in [5.41, 5.74) is 2.90. The van der Waals surface area contributed by atoms with Gasteiger partial charge in [0.1, 0.15) is 0 Å².